The molecule has 5 heteroatoms. The smallest absolute Gasteiger partial charge is 0.128 e. The van der Waals surface area contributed by atoms with E-state index in [0.29, 0.717) is 0 Å². The number of nitrogens with one attached hydrogen (secondary N) is 1. The van der Waals surface area contributed by atoms with Crippen LogP contribution < -0.4 is 4.74 Å². The molecule has 1 N–H and O–H groups in total. The van der Waals surface area contributed by atoms with E-state index in [0.717, 1.165) is 67.0 Å². The Bertz CT molecular complexity index is 1240. The van der Waals surface area contributed by atoms with Crippen molar-refractivity contribution in [2.24, 2.45) is 4.99 Å². The van der Waals surface area contributed by atoms with Crippen LogP contribution in [0.1, 0.15) is 34.6 Å². The summed E-state index contributed by atoms with van der Waals surface area (Å²) in [6, 6.07) is 14.8. The lowest BCUT2D eigenvalue weighted by molar-refractivity contribution is 0.415. The van der Waals surface area contributed by atoms with E-state index in [2.05, 4.69) is 51.5 Å². The molecule has 0 aliphatic carbocycles. The molecule has 5 rings (SSSR count). The lowest BCUT2D eigenvalue weighted by Gasteiger charge is -2.06. The van der Waals surface area contributed by atoms with E-state index in [1.165, 1.54) is 22.1 Å². The standard InChI is InChI=1S/C26H26N4O/c1-31-22-9-10-24-23(16-22)20(17-29-24)3-2-4-26-28-14-12-21(30-26)8-6-18-5-7-19-11-13-27-25(19)15-18/h5,7,9-10,12-17,29H,2-4,6,8,11H2,1H3. The Morgan fingerprint density at radius 2 is 1.97 bits per heavy atom. The zero-order valence-corrected chi connectivity index (χ0v) is 17.8. The molecule has 1 aliphatic heterocycles. The maximum absolute atomic E-state index is 5.37. The number of aromatic nitrogens is 3. The summed E-state index contributed by atoms with van der Waals surface area (Å²) >= 11 is 0. The van der Waals surface area contributed by atoms with E-state index in [-0.39, 0.29) is 0 Å². The number of nitrogens with zero attached hydrogens (tertiary/aromatic N) is 3. The van der Waals surface area contributed by atoms with Gasteiger partial charge in [-0.1, -0.05) is 12.1 Å². The highest BCUT2D eigenvalue weighted by molar-refractivity contribution is 5.84. The van der Waals surface area contributed by atoms with Crippen LogP contribution >= 0.6 is 0 Å². The van der Waals surface area contributed by atoms with Gasteiger partial charge in [-0.05, 0) is 72.7 Å². The molecule has 0 saturated carbocycles. The second kappa shape index (κ2) is 8.72. The summed E-state index contributed by atoms with van der Waals surface area (Å²) in [5, 5.41) is 1.23. The molecule has 0 bridgehead atoms. The SMILES string of the molecule is COc1ccc2[nH]cc(CCCc3nccc(CCc4ccc5c(c4)N=CC5)n3)c2c1. The van der Waals surface area contributed by atoms with Crippen LogP contribution in [0, 0.1) is 0 Å². The Morgan fingerprint density at radius 3 is 2.90 bits per heavy atom. The average molecular weight is 411 g/mol. The van der Waals surface area contributed by atoms with Gasteiger partial charge in [-0.2, -0.15) is 0 Å². The summed E-state index contributed by atoms with van der Waals surface area (Å²) in [5.74, 6) is 1.81. The van der Waals surface area contributed by atoms with E-state index >= 15 is 0 Å². The molecule has 0 atom stereocenters. The number of benzene rings is 2. The van der Waals surface area contributed by atoms with Crippen LogP contribution in [-0.2, 0) is 32.1 Å². The fourth-order valence-electron chi connectivity index (χ4n) is 4.20. The quantitative estimate of drug-likeness (QED) is 0.435. The molecule has 0 saturated heterocycles. The Balaban J connectivity index is 1.18. The van der Waals surface area contributed by atoms with E-state index in [1.54, 1.807) is 7.11 Å². The molecule has 0 radical (unpaired) electrons. The summed E-state index contributed by atoms with van der Waals surface area (Å²) in [4.78, 5) is 17.1. The first-order chi connectivity index (χ1) is 15.3. The lowest BCUT2D eigenvalue weighted by atomic mass is 10.0. The fraction of sp³-hybridized carbons (Fsp3) is 0.269. The van der Waals surface area contributed by atoms with Crippen LogP contribution in [-0.4, -0.2) is 28.3 Å². The second-order valence-corrected chi connectivity index (χ2v) is 8.02. The highest BCUT2D eigenvalue weighted by Gasteiger charge is 2.09. The highest BCUT2D eigenvalue weighted by atomic mass is 16.5. The van der Waals surface area contributed by atoms with Gasteiger partial charge in [0, 0.05) is 48.0 Å². The molecule has 2 aromatic carbocycles. The molecule has 3 heterocycles. The predicted molar refractivity (Wildman–Crippen MR) is 125 cm³/mol. The van der Waals surface area contributed by atoms with Crippen molar-refractivity contribution >= 4 is 22.8 Å². The molecule has 156 valence electrons. The Morgan fingerprint density at radius 1 is 1.00 bits per heavy atom. The van der Waals surface area contributed by atoms with Crippen molar-refractivity contribution in [3.05, 3.63) is 83.1 Å². The molecule has 2 aromatic heterocycles. The Labute approximate surface area is 182 Å². The van der Waals surface area contributed by atoms with Crippen molar-refractivity contribution in [3.8, 4) is 5.75 Å². The third-order valence-corrected chi connectivity index (χ3v) is 5.95. The van der Waals surface area contributed by atoms with Crippen LogP contribution in [0.15, 0.2) is 59.9 Å². The summed E-state index contributed by atoms with van der Waals surface area (Å²) in [6.45, 7) is 0. The van der Waals surface area contributed by atoms with Crippen molar-refractivity contribution in [2.75, 3.05) is 7.11 Å². The van der Waals surface area contributed by atoms with Crippen LogP contribution in [0.3, 0.4) is 0 Å². The van der Waals surface area contributed by atoms with Crippen LogP contribution in [0.5, 0.6) is 5.75 Å². The van der Waals surface area contributed by atoms with Gasteiger partial charge in [-0.3, -0.25) is 4.99 Å². The first-order valence-electron chi connectivity index (χ1n) is 10.9. The fourth-order valence-corrected chi connectivity index (χ4v) is 4.20. The monoisotopic (exact) mass is 410 g/mol. The maximum atomic E-state index is 5.37. The van der Waals surface area contributed by atoms with Crippen molar-refractivity contribution < 1.29 is 4.74 Å². The third-order valence-electron chi connectivity index (χ3n) is 5.95. The summed E-state index contributed by atoms with van der Waals surface area (Å²) in [5.41, 5.74) is 7.31. The molecular weight excluding hydrogens is 384 g/mol. The predicted octanol–water partition coefficient (Wildman–Crippen LogP) is 5.19. The lowest BCUT2D eigenvalue weighted by Crippen LogP contribution is -2.01. The number of ether oxygens (including phenoxy) is 1. The van der Waals surface area contributed by atoms with Gasteiger partial charge in [-0.15, -0.1) is 0 Å². The number of hydrogen-bond donors (Lipinski definition) is 1. The highest BCUT2D eigenvalue weighted by Crippen LogP contribution is 2.26. The zero-order chi connectivity index (χ0) is 21.0. The zero-order valence-electron chi connectivity index (χ0n) is 17.8. The van der Waals surface area contributed by atoms with Crippen molar-refractivity contribution in [1.82, 2.24) is 15.0 Å². The first-order valence-corrected chi connectivity index (χ1v) is 10.9. The Hall–Kier alpha value is -3.47. The average Bonchev–Trinajstić information content (AvgIpc) is 3.44. The summed E-state index contributed by atoms with van der Waals surface area (Å²) in [6.07, 6.45) is 11.7. The molecule has 1 aliphatic rings. The molecular formula is C26H26N4O. The number of rotatable bonds is 8. The molecule has 5 nitrogen and oxygen atoms in total. The van der Waals surface area contributed by atoms with Gasteiger partial charge in [0.15, 0.2) is 0 Å². The Kier molecular flexibility index (Phi) is 5.48. The summed E-state index contributed by atoms with van der Waals surface area (Å²) in [7, 11) is 1.70. The van der Waals surface area contributed by atoms with Gasteiger partial charge in [0.25, 0.3) is 0 Å². The minimum Gasteiger partial charge on any atom is -0.497 e. The van der Waals surface area contributed by atoms with E-state index in [1.807, 2.05) is 24.5 Å². The number of aliphatic imine (C=N–C) groups is 1. The molecule has 31 heavy (non-hydrogen) atoms. The second-order valence-electron chi connectivity index (χ2n) is 8.02. The minimum atomic E-state index is 0.873. The maximum Gasteiger partial charge on any atom is 0.128 e. The number of aryl methyl sites for hydroxylation is 4. The number of methoxy groups -OCH3 is 1. The van der Waals surface area contributed by atoms with Crippen molar-refractivity contribution in [1.29, 1.82) is 0 Å². The summed E-state index contributed by atoms with van der Waals surface area (Å²) < 4.78 is 5.37. The minimum absolute atomic E-state index is 0.873. The van der Waals surface area contributed by atoms with Gasteiger partial charge >= 0.3 is 0 Å². The first kappa shape index (κ1) is 19.5. The largest absolute Gasteiger partial charge is 0.497 e. The number of aromatic amines is 1. The van der Waals surface area contributed by atoms with Crippen molar-refractivity contribution in [2.45, 2.75) is 38.5 Å². The molecule has 0 spiro atoms. The van der Waals surface area contributed by atoms with Gasteiger partial charge in [-0.25, -0.2) is 9.97 Å². The van der Waals surface area contributed by atoms with Crippen LogP contribution in [0.25, 0.3) is 10.9 Å². The van der Waals surface area contributed by atoms with Gasteiger partial charge in [0.05, 0.1) is 12.8 Å². The van der Waals surface area contributed by atoms with Crippen molar-refractivity contribution in [3.63, 3.8) is 0 Å². The number of hydrogen-bond acceptors (Lipinski definition) is 4. The molecule has 0 unspecified atom stereocenters. The number of H-pyrrole nitrogens is 1. The topological polar surface area (TPSA) is 63.2 Å². The van der Waals surface area contributed by atoms with Gasteiger partial charge < -0.3 is 9.72 Å². The van der Waals surface area contributed by atoms with Crippen LogP contribution in [0.4, 0.5) is 5.69 Å². The van der Waals surface area contributed by atoms with Gasteiger partial charge in [0.2, 0.25) is 0 Å². The number of fused-ring (bicyclic) bond motifs is 2. The van der Waals surface area contributed by atoms with E-state index < -0.39 is 0 Å². The third kappa shape index (κ3) is 4.36. The van der Waals surface area contributed by atoms with Crippen LogP contribution in [0.2, 0.25) is 0 Å². The van der Waals surface area contributed by atoms with Gasteiger partial charge in [0.1, 0.15) is 11.6 Å². The normalized spacial score (nSPS) is 12.4. The molecule has 4 aromatic rings. The molecule has 0 amide bonds. The van der Waals surface area contributed by atoms with E-state index in [9.17, 15) is 0 Å². The molecule has 0 fully saturated rings. The van der Waals surface area contributed by atoms with E-state index in [4.69, 9.17) is 9.72 Å².